The number of primary amides is 1. The van der Waals surface area contributed by atoms with Gasteiger partial charge in [-0.2, -0.15) is 5.11 Å². The lowest BCUT2D eigenvalue weighted by Crippen LogP contribution is -2.03. The third-order valence-corrected chi connectivity index (χ3v) is 1.84. The largest absolute Gasteiger partial charge is 0.465 e. The van der Waals surface area contributed by atoms with Crippen LogP contribution in [0, 0.1) is 0 Å². The molecular weight excluding hydrogens is 180 g/mol. The number of azo groups is 1. The fourth-order valence-corrected chi connectivity index (χ4v) is 1.30. The van der Waals surface area contributed by atoms with Gasteiger partial charge in [-0.1, -0.05) is 11.8 Å². The summed E-state index contributed by atoms with van der Waals surface area (Å²) < 4.78 is 0. The molecule has 0 unspecified atom stereocenters. The lowest BCUT2D eigenvalue weighted by atomic mass is 10.6. The molecule has 0 saturated heterocycles. The molecule has 0 radical (unpaired) electrons. The number of fused-ring (bicyclic) bond motifs is 1. The molecule has 1 amide bonds. The lowest BCUT2D eigenvalue weighted by molar-refractivity contribution is 0.205. The van der Waals surface area contributed by atoms with Gasteiger partial charge in [0.05, 0.1) is 17.0 Å². The Morgan fingerprint density at radius 3 is 3.00 bits per heavy atom. The number of nitrogens with zero attached hydrogens (tertiary/aromatic N) is 3. The summed E-state index contributed by atoms with van der Waals surface area (Å²) in [6.45, 7) is 0. The van der Waals surface area contributed by atoms with Gasteiger partial charge in [0.2, 0.25) is 0 Å². The summed E-state index contributed by atoms with van der Waals surface area (Å²) in [4.78, 5) is 13.9. The first-order valence-corrected chi connectivity index (χ1v) is 3.96. The predicted molar refractivity (Wildman–Crippen MR) is 45.0 cm³/mol. The zero-order chi connectivity index (χ0) is 8.97. The highest BCUT2D eigenvalue weighted by atomic mass is 32.2. The average molecular weight is 186 g/mol. The van der Waals surface area contributed by atoms with Crippen LogP contribution in [-0.2, 0) is 0 Å². The molecule has 6 nitrogen and oxygen atoms in total. The minimum Gasteiger partial charge on any atom is -0.465 e. The van der Waals surface area contributed by atoms with E-state index in [1.807, 2.05) is 0 Å². The van der Waals surface area contributed by atoms with E-state index in [1.165, 1.54) is 0 Å². The van der Waals surface area contributed by atoms with Gasteiger partial charge in [0.15, 0.2) is 5.84 Å². The zero-order valence-corrected chi connectivity index (χ0v) is 6.78. The summed E-state index contributed by atoms with van der Waals surface area (Å²) in [7, 11) is 0. The number of carboxylic acid groups (broad SMARTS) is 1. The van der Waals surface area contributed by atoms with Crippen molar-refractivity contribution in [3.05, 3.63) is 11.1 Å². The smallest absolute Gasteiger partial charge is 0.402 e. The van der Waals surface area contributed by atoms with Crippen molar-refractivity contribution in [2.24, 2.45) is 21.0 Å². The molecule has 2 aliphatic rings. The van der Waals surface area contributed by atoms with Crippen molar-refractivity contribution in [3.63, 3.8) is 0 Å². The van der Waals surface area contributed by atoms with Crippen molar-refractivity contribution >= 4 is 23.7 Å². The van der Waals surface area contributed by atoms with Crippen molar-refractivity contribution in [2.75, 3.05) is 5.88 Å². The summed E-state index contributed by atoms with van der Waals surface area (Å²) in [6.07, 6.45) is 0.413. The first-order valence-electron chi connectivity index (χ1n) is 2.97. The van der Waals surface area contributed by atoms with E-state index in [0.29, 0.717) is 0 Å². The van der Waals surface area contributed by atoms with Crippen LogP contribution >= 0.6 is 11.8 Å². The standard InChI is InChI=1S/C4H3N3S.CH3NO2/c1-3-4(7-6-1)5-2-8-3;2-1(3)4/h1H,2H2;2H2,(H,3,4). The van der Waals surface area contributed by atoms with Gasteiger partial charge >= 0.3 is 6.09 Å². The average Bonchev–Trinajstić information content (AvgIpc) is 2.40. The van der Waals surface area contributed by atoms with Gasteiger partial charge in [0.1, 0.15) is 0 Å². The number of hydrogen-bond acceptors (Lipinski definition) is 5. The van der Waals surface area contributed by atoms with Crippen molar-refractivity contribution in [2.45, 2.75) is 0 Å². The molecule has 0 aromatic carbocycles. The van der Waals surface area contributed by atoms with E-state index in [0.717, 1.165) is 16.6 Å². The fourth-order valence-electron chi connectivity index (χ4n) is 0.617. The summed E-state index contributed by atoms with van der Waals surface area (Å²) in [5.74, 6) is 1.63. The highest BCUT2D eigenvalue weighted by molar-refractivity contribution is 8.04. The van der Waals surface area contributed by atoms with Crippen LogP contribution in [0.25, 0.3) is 0 Å². The summed E-state index contributed by atoms with van der Waals surface area (Å²) >= 11 is 1.68. The van der Waals surface area contributed by atoms with E-state index in [1.54, 1.807) is 18.0 Å². The molecule has 2 heterocycles. The van der Waals surface area contributed by atoms with Crippen molar-refractivity contribution in [1.82, 2.24) is 0 Å². The molecule has 0 atom stereocenters. The van der Waals surface area contributed by atoms with Gasteiger partial charge in [-0.3, -0.25) is 4.99 Å². The number of nitrogens with two attached hydrogens (primary N) is 1. The minimum atomic E-state index is -1.33. The molecule has 0 bridgehead atoms. The molecule has 0 aromatic rings. The SMILES string of the molecule is C1=C2SCN=C2N=N1.NC(=O)O. The number of thioether (sulfide) groups is 1. The van der Waals surface area contributed by atoms with Gasteiger partial charge in [0.25, 0.3) is 0 Å². The number of hydrogen-bond donors (Lipinski definition) is 2. The predicted octanol–water partition coefficient (Wildman–Crippen LogP) is 1.02. The van der Waals surface area contributed by atoms with Crippen LogP contribution in [0.3, 0.4) is 0 Å². The maximum Gasteiger partial charge on any atom is 0.402 e. The molecule has 2 aliphatic heterocycles. The Labute approximate surface area is 72.3 Å². The summed E-state index contributed by atoms with van der Waals surface area (Å²) in [5.41, 5.74) is 4.03. The highest BCUT2D eigenvalue weighted by Crippen LogP contribution is 2.28. The van der Waals surface area contributed by atoms with E-state index < -0.39 is 6.09 Å². The molecule has 64 valence electrons. The molecule has 0 aliphatic carbocycles. The van der Waals surface area contributed by atoms with E-state index in [-0.39, 0.29) is 0 Å². The quantitative estimate of drug-likeness (QED) is 0.590. The zero-order valence-electron chi connectivity index (χ0n) is 5.97. The van der Waals surface area contributed by atoms with E-state index >= 15 is 0 Å². The van der Waals surface area contributed by atoms with E-state index in [4.69, 9.17) is 9.90 Å². The Balaban J connectivity index is 0.000000157. The van der Waals surface area contributed by atoms with E-state index in [9.17, 15) is 0 Å². The molecule has 0 saturated carbocycles. The number of amides is 1. The lowest BCUT2D eigenvalue weighted by Gasteiger charge is -1.79. The molecule has 7 heteroatoms. The fraction of sp³-hybridized carbons (Fsp3) is 0.200. The van der Waals surface area contributed by atoms with Crippen molar-refractivity contribution < 1.29 is 9.90 Å². The van der Waals surface area contributed by atoms with Crippen molar-refractivity contribution in [3.8, 4) is 0 Å². The third kappa shape index (κ3) is 2.35. The monoisotopic (exact) mass is 186 g/mol. The molecule has 2 rings (SSSR count). The Morgan fingerprint density at radius 2 is 2.42 bits per heavy atom. The molecule has 12 heavy (non-hydrogen) atoms. The Hall–Kier alpha value is -1.37. The topological polar surface area (TPSA) is 100 Å². The molecule has 0 spiro atoms. The second kappa shape index (κ2) is 3.86. The second-order valence-electron chi connectivity index (χ2n) is 1.80. The first-order chi connectivity index (χ1) is 5.70. The number of rotatable bonds is 0. The van der Waals surface area contributed by atoms with Crippen LogP contribution in [0.2, 0.25) is 0 Å². The van der Waals surface area contributed by atoms with Gasteiger partial charge in [0, 0.05) is 0 Å². The van der Waals surface area contributed by atoms with Gasteiger partial charge < -0.3 is 10.8 Å². The van der Waals surface area contributed by atoms with Crippen LogP contribution in [-0.4, -0.2) is 22.9 Å². The van der Waals surface area contributed by atoms with Crippen LogP contribution < -0.4 is 5.73 Å². The first kappa shape index (κ1) is 8.72. The summed E-state index contributed by atoms with van der Waals surface area (Å²) in [6, 6.07) is 0. The molecule has 0 aromatic heterocycles. The number of amidine groups is 1. The van der Waals surface area contributed by atoms with Gasteiger partial charge in [-0.15, -0.1) is 5.11 Å². The van der Waals surface area contributed by atoms with Gasteiger partial charge in [-0.05, 0) is 0 Å². The van der Waals surface area contributed by atoms with Gasteiger partial charge in [-0.25, -0.2) is 4.79 Å². The van der Waals surface area contributed by atoms with Crippen molar-refractivity contribution in [1.29, 1.82) is 0 Å². The molecular formula is C5H6N4O2S. The summed E-state index contributed by atoms with van der Waals surface area (Å²) in [5, 5.41) is 14.6. The Bertz CT molecular complexity index is 279. The second-order valence-corrected chi connectivity index (χ2v) is 2.79. The Kier molecular flexibility index (Phi) is 2.81. The highest BCUT2D eigenvalue weighted by Gasteiger charge is 2.16. The Morgan fingerprint density at radius 1 is 1.75 bits per heavy atom. The number of carbonyl (C=O) groups is 1. The minimum absolute atomic E-state index is 0.815. The maximum atomic E-state index is 8.78. The van der Waals surface area contributed by atoms with Crippen LogP contribution in [0.4, 0.5) is 4.79 Å². The third-order valence-electron chi connectivity index (χ3n) is 0.982. The maximum absolute atomic E-state index is 8.78. The normalized spacial score (nSPS) is 17.3. The van der Waals surface area contributed by atoms with E-state index in [2.05, 4.69) is 21.0 Å². The number of aliphatic imine (C=N–C) groups is 1. The molecule has 3 N–H and O–H groups in total. The van der Waals surface area contributed by atoms with Crippen LogP contribution in [0.5, 0.6) is 0 Å². The van der Waals surface area contributed by atoms with Crippen LogP contribution in [0.15, 0.2) is 26.3 Å². The molecule has 0 fully saturated rings. The van der Waals surface area contributed by atoms with Crippen LogP contribution in [0.1, 0.15) is 0 Å².